The maximum atomic E-state index is 12.7. The standard InChI is InChI=1S/C22H35N3O3/c1-16-3-6-21(13-17(16)2)28-12-9-24-22(26)18-4-5-19(23)15-25(14-18)20-7-10-27-11-8-20/h3,6,13,18-20H,4-5,7-12,14-15,23H2,1-2H3,(H,24,26)/t18-,19+/m1/s1. The zero-order chi connectivity index (χ0) is 19.9. The van der Waals surface area contributed by atoms with Gasteiger partial charge in [0.1, 0.15) is 12.4 Å². The van der Waals surface area contributed by atoms with Crippen LogP contribution in [0.3, 0.4) is 0 Å². The van der Waals surface area contributed by atoms with Crippen molar-refractivity contribution in [3.63, 3.8) is 0 Å². The summed E-state index contributed by atoms with van der Waals surface area (Å²) in [5.41, 5.74) is 8.74. The maximum Gasteiger partial charge on any atom is 0.224 e. The summed E-state index contributed by atoms with van der Waals surface area (Å²) in [4.78, 5) is 15.2. The van der Waals surface area contributed by atoms with Gasteiger partial charge in [0.15, 0.2) is 0 Å². The number of ether oxygens (including phenoxy) is 2. The monoisotopic (exact) mass is 389 g/mol. The summed E-state index contributed by atoms with van der Waals surface area (Å²) in [7, 11) is 0. The molecule has 1 amide bonds. The number of likely N-dealkylation sites (tertiary alicyclic amines) is 1. The summed E-state index contributed by atoms with van der Waals surface area (Å²) in [5, 5.41) is 3.06. The highest BCUT2D eigenvalue weighted by Gasteiger charge is 2.31. The molecular weight excluding hydrogens is 354 g/mol. The molecule has 0 bridgehead atoms. The van der Waals surface area contributed by atoms with Crippen LogP contribution in [0.5, 0.6) is 5.75 Å². The van der Waals surface area contributed by atoms with E-state index in [-0.39, 0.29) is 17.9 Å². The normalized spacial score (nSPS) is 24.5. The van der Waals surface area contributed by atoms with Gasteiger partial charge in [-0.15, -0.1) is 0 Å². The van der Waals surface area contributed by atoms with Gasteiger partial charge < -0.3 is 20.5 Å². The summed E-state index contributed by atoms with van der Waals surface area (Å²) in [6, 6.07) is 6.70. The smallest absolute Gasteiger partial charge is 0.224 e. The lowest BCUT2D eigenvalue weighted by molar-refractivity contribution is -0.126. The van der Waals surface area contributed by atoms with E-state index in [1.165, 1.54) is 11.1 Å². The number of benzene rings is 1. The largest absolute Gasteiger partial charge is 0.492 e. The number of carbonyl (C=O) groups excluding carboxylic acids is 1. The van der Waals surface area contributed by atoms with Gasteiger partial charge in [-0.25, -0.2) is 0 Å². The number of carbonyl (C=O) groups is 1. The number of amides is 1. The Labute approximate surface area is 168 Å². The zero-order valence-electron chi connectivity index (χ0n) is 17.3. The molecule has 2 heterocycles. The summed E-state index contributed by atoms with van der Waals surface area (Å²) in [6.45, 7) is 8.45. The van der Waals surface area contributed by atoms with E-state index >= 15 is 0 Å². The van der Waals surface area contributed by atoms with Crippen LogP contribution < -0.4 is 15.8 Å². The van der Waals surface area contributed by atoms with Crippen molar-refractivity contribution < 1.29 is 14.3 Å². The summed E-state index contributed by atoms with van der Waals surface area (Å²) in [6.07, 6.45) is 3.82. The third kappa shape index (κ3) is 5.93. The lowest BCUT2D eigenvalue weighted by Crippen LogP contribution is -2.47. The number of nitrogens with zero attached hydrogens (tertiary/aromatic N) is 1. The van der Waals surface area contributed by atoms with Gasteiger partial charge in [0, 0.05) is 38.4 Å². The molecule has 1 aromatic carbocycles. The van der Waals surface area contributed by atoms with Crippen LogP contribution in [0.25, 0.3) is 0 Å². The van der Waals surface area contributed by atoms with Crippen molar-refractivity contribution in [2.75, 3.05) is 39.5 Å². The zero-order valence-corrected chi connectivity index (χ0v) is 17.3. The fourth-order valence-electron chi connectivity index (χ4n) is 4.11. The number of hydrogen-bond acceptors (Lipinski definition) is 5. The van der Waals surface area contributed by atoms with Gasteiger partial charge in [-0.2, -0.15) is 0 Å². The number of hydrogen-bond donors (Lipinski definition) is 2. The molecule has 2 saturated heterocycles. The molecule has 0 aromatic heterocycles. The van der Waals surface area contributed by atoms with Crippen LogP contribution in [0.1, 0.15) is 36.8 Å². The second-order valence-corrected chi connectivity index (χ2v) is 8.22. The van der Waals surface area contributed by atoms with E-state index in [4.69, 9.17) is 15.2 Å². The van der Waals surface area contributed by atoms with E-state index < -0.39 is 0 Å². The Hall–Kier alpha value is -1.63. The molecule has 1 aromatic rings. The molecule has 2 aliphatic heterocycles. The van der Waals surface area contributed by atoms with Crippen LogP contribution in [0.15, 0.2) is 18.2 Å². The van der Waals surface area contributed by atoms with Crippen molar-refractivity contribution in [1.29, 1.82) is 0 Å². The Kier molecular flexibility index (Phi) is 7.71. The first kappa shape index (κ1) is 21.1. The molecule has 0 aliphatic carbocycles. The van der Waals surface area contributed by atoms with Crippen molar-refractivity contribution in [2.24, 2.45) is 11.7 Å². The molecular formula is C22H35N3O3. The molecule has 0 saturated carbocycles. The molecule has 3 N–H and O–H groups in total. The first-order valence-corrected chi connectivity index (χ1v) is 10.6. The Morgan fingerprint density at radius 1 is 1.18 bits per heavy atom. The molecule has 6 nitrogen and oxygen atoms in total. The van der Waals surface area contributed by atoms with Gasteiger partial charge in [-0.3, -0.25) is 9.69 Å². The predicted molar refractivity (Wildman–Crippen MR) is 111 cm³/mol. The minimum atomic E-state index is -0.00184. The lowest BCUT2D eigenvalue weighted by atomic mass is 10.0. The van der Waals surface area contributed by atoms with Crippen molar-refractivity contribution >= 4 is 5.91 Å². The number of nitrogens with one attached hydrogen (secondary N) is 1. The van der Waals surface area contributed by atoms with Crippen molar-refractivity contribution in [1.82, 2.24) is 10.2 Å². The number of nitrogens with two attached hydrogens (primary N) is 1. The highest BCUT2D eigenvalue weighted by Crippen LogP contribution is 2.22. The van der Waals surface area contributed by atoms with Gasteiger partial charge in [0.2, 0.25) is 5.91 Å². The van der Waals surface area contributed by atoms with Crippen molar-refractivity contribution in [2.45, 2.75) is 51.6 Å². The van der Waals surface area contributed by atoms with Crippen LogP contribution >= 0.6 is 0 Å². The molecule has 156 valence electrons. The van der Waals surface area contributed by atoms with E-state index in [0.717, 1.165) is 57.7 Å². The van der Waals surface area contributed by atoms with Crippen molar-refractivity contribution in [3.05, 3.63) is 29.3 Å². The third-order valence-corrected chi connectivity index (χ3v) is 6.04. The Bertz CT molecular complexity index is 646. The van der Waals surface area contributed by atoms with Gasteiger partial charge in [-0.05, 0) is 62.8 Å². The molecule has 6 heteroatoms. The van der Waals surface area contributed by atoms with E-state index in [2.05, 4.69) is 30.1 Å². The fraction of sp³-hybridized carbons (Fsp3) is 0.682. The number of aryl methyl sites for hydroxylation is 2. The van der Waals surface area contributed by atoms with Crippen LogP contribution in [-0.2, 0) is 9.53 Å². The second-order valence-electron chi connectivity index (χ2n) is 8.22. The average molecular weight is 390 g/mol. The van der Waals surface area contributed by atoms with E-state index in [9.17, 15) is 4.79 Å². The molecule has 2 fully saturated rings. The Morgan fingerprint density at radius 2 is 1.96 bits per heavy atom. The first-order chi connectivity index (χ1) is 13.5. The van der Waals surface area contributed by atoms with Crippen LogP contribution in [0.2, 0.25) is 0 Å². The van der Waals surface area contributed by atoms with E-state index in [1.807, 2.05) is 12.1 Å². The maximum absolute atomic E-state index is 12.7. The van der Waals surface area contributed by atoms with Crippen molar-refractivity contribution in [3.8, 4) is 5.75 Å². The Balaban J connectivity index is 1.46. The fourth-order valence-corrected chi connectivity index (χ4v) is 4.11. The topological polar surface area (TPSA) is 76.8 Å². The van der Waals surface area contributed by atoms with Gasteiger partial charge in [0.05, 0.1) is 12.5 Å². The highest BCUT2D eigenvalue weighted by atomic mass is 16.5. The molecule has 0 radical (unpaired) electrons. The van der Waals surface area contributed by atoms with Crippen LogP contribution in [0, 0.1) is 19.8 Å². The van der Waals surface area contributed by atoms with Crippen LogP contribution in [0.4, 0.5) is 0 Å². The average Bonchev–Trinajstić information content (AvgIpc) is 2.90. The minimum absolute atomic E-state index is 0.00184. The van der Waals surface area contributed by atoms with E-state index in [1.54, 1.807) is 0 Å². The summed E-state index contributed by atoms with van der Waals surface area (Å²) in [5.74, 6) is 0.969. The lowest BCUT2D eigenvalue weighted by Gasteiger charge is -2.35. The molecule has 2 aliphatic rings. The second kappa shape index (κ2) is 10.2. The SMILES string of the molecule is Cc1ccc(OCCNC(=O)[C@@H]2CC[C@H](N)CN(C3CCOCC3)C2)cc1C. The highest BCUT2D eigenvalue weighted by molar-refractivity contribution is 5.78. The van der Waals surface area contributed by atoms with Gasteiger partial charge in [-0.1, -0.05) is 6.07 Å². The van der Waals surface area contributed by atoms with Gasteiger partial charge >= 0.3 is 0 Å². The molecule has 28 heavy (non-hydrogen) atoms. The summed E-state index contributed by atoms with van der Waals surface area (Å²) >= 11 is 0. The van der Waals surface area contributed by atoms with E-state index in [0.29, 0.717) is 19.2 Å². The predicted octanol–water partition coefficient (Wildman–Crippen LogP) is 2.02. The third-order valence-electron chi connectivity index (χ3n) is 6.04. The molecule has 3 rings (SSSR count). The summed E-state index contributed by atoms with van der Waals surface area (Å²) < 4.78 is 11.3. The molecule has 2 atom stereocenters. The quantitative estimate of drug-likeness (QED) is 0.728. The Morgan fingerprint density at radius 3 is 2.71 bits per heavy atom. The van der Waals surface area contributed by atoms with Crippen LogP contribution in [-0.4, -0.2) is 62.3 Å². The first-order valence-electron chi connectivity index (χ1n) is 10.6. The molecule has 0 spiro atoms. The minimum Gasteiger partial charge on any atom is -0.492 e. The van der Waals surface area contributed by atoms with Gasteiger partial charge in [0.25, 0.3) is 0 Å². The number of rotatable bonds is 6. The molecule has 0 unspecified atom stereocenters.